The van der Waals surface area contributed by atoms with Crippen LogP contribution < -0.4 is 19.9 Å². The first-order chi connectivity index (χ1) is 13.6. The molecule has 0 saturated carbocycles. The molecule has 0 atom stereocenters. The number of aromatic nitrogens is 2. The second kappa shape index (κ2) is 7.03. The molecule has 0 aliphatic carbocycles. The number of hydrogen-bond donors (Lipinski definition) is 1. The quantitative estimate of drug-likeness (QED) is 0.571. The smallest absolute Gasteiger partial charge is 0.267 e. The first-order valence-corrected chi connectivity index (χ1v) is 8.48. The highest BCUT2D eigenvalue weighted by atomic mass is 16.5. The maximum absolute atomic E-state index is 11.5. The molecule has 1 amide bonds. The molecular formula is C21H17N3O4. The summed E-state index contributed by atoms with van der Waals surface area (Å²) in [7, 11) is 3.16. The van der Waals surface area contributed by atoms with Crippen molar-refractivity contribution >= 4 is 27.6 Å². The lowest BCUT2D eigenvalue weighted by atomic mass is 10.1. The van der Waals surface area contributed by atoms with Gasteiger partial charge in [0.25, 0.3) is 5.91 Å². The number of benzene rings is 2. The molecule has 140 valence electrons. The summed E-state index contributed by atoms with van der Waals surface area (Å²) < 4.78 is 16.8. The van der Waals surface area contributed by atoms with Crippen LogP contribution in [0.25, 0.3) is 21.7 Å². The topological polar surface area (TPSA) is 96.6 Å². The zero-order chi connectivity index (χ0) is 19.7. The van der Waals surface area contributed by atoms with E-state index in [1.54, 1.807) is 56.9 Å². The molecule has 0 aliphatic heterocycles. The Kier molecular flexibility index (Phi) is 4.41. The fourth-order valence-corrected chi connectivity index (χ4v) is 3.08. The van der Waals surface area contributed by atoms with E-state index in [1.807, 2.05) is 12.1 Å². The van der Waals surface area contributed by atoms with Crippen LogP contribution in [-0.4, -0.2) is 30.1 Å². The summed E-state index contributed by atoms with van der Waals surface area (Å²) in [6.07, 6.45) is 3.21. The Labute approximate surface area is 160 Å². The first kappa shape index (κ1) is 17.5. The Hall–Kier alpha value is -3.87. The second-order valence-electron chi connectivity index (χ2n) is 6.04. The van der Waals surface area contributed by atoms with E-state index in [2.05, 4.69) is 9.97 Å². The van der Waals surface area contributed by atoms with Gasteiger partial charge in [-0.15, -0.1) is 0 Å². The first-order valence-electron chi connectivity index (χ1n) is 8.48. The summed E-state index contributed by atoms with van der Waals surface area (Å²) in [5.41, 5.74) is 6.34. The molecule has 4 aromatic rings. The molecule has 2 heterocycles. The molecule has 28 heavy (non-hydrogen) atoms. The Morgan fingerprint density at radius 3 is 2.36 bits per heavy atom. The minimum absolute atomic E-state index is 0.232. The van der Waals surface area contributed by atoms with Gasteiger partial charge in [-0.05, 0) is 41.8 Å². The van der Waals surface area contributed by atoms with Crippen LogP contribution >= 0.6 is 0 Å². The Morgan fingerprint density at radius 2 is 1.61 bits per heavy atom. The highest BCUT2D eigenvalue weighted by Crippen LogP contribution is 2.37. The van der Waals surface area contributed by atoms with Gasteiger partial charge in [0.2, 0.25) is 0 Å². The van der Waals surface area contributed by atoms with Gasteiger partial charge in [0.05, 0.1) is 19.7 Å². The van der Waals surface area contributed by atoms with E-state index in [9.17, 15) is 4.79 Å². The van der Waals surface area contributed by atoms with Crippen LogP contribution in [0.1, 0.15) is 10.5 Å². The zero-order valence-electron chi connectivity index (χ0n) is 15.3. The minimum atomic E-state index is -0.569. The van der Waals surface area contributed by atoms with Crippen LogP contribution in [0.3, 0.4) is 0 Å². The number of nitrogens with zero attached hydrogens (tertiary/aromatic N) is 2. The Balaban J connectivity index is 1.78. The molecule has 0 spiro atoms. The third kappa shape index (κ3) is 3.03. The lowest BCUT2D eigenvalue weighted by Crippen LogP contribution is -2.13. The molecular weight excluding hydrogens is 358 g/mol. The number of fused-ring (bicyclic) bond motifs is 2. The number of carbonyl (C=O) groups excluding carboxylic acids is 1. The van der Waals surface area contributed by atoms with Gasteiger partial charge in [-0.3, -0.25) is 14.8 Å². The van der Waals surface area contributed by atoms with E-state index >= 15 is 0 Å². The number of rotatable bonds is 5. The number of primary amides is 1. The molecule has 7 heteroatoms. The number of methoxy groups -OCH3 is 2. The van der Waals surface area contributed by atoms with Crippen LogP contribution in [0.15, 0.2) is 54.9 Å². The monoisotopic (exact) mass is 375 g/mol. The van der Waals surface area contributed by atoms with Gasteiger partial charge in [-0.25, -0.2) is 0 Å². The van der Waals surface area contributed by atoms with E-state index in [-0.39, 0.29) is 5.69 Å². The molecule has 4 rings (SSSR count). The van der Waals surface area contributed by atoms with Crippen molar-refractivity contribution in [3.05, 3.63) is 60.6 Å². The van der Waals surface area contributed by atoms with Gasteiger partial charge in [-0.1, -0.05) is 0 Å². The molecule has 2 aromatic carbocycles. The Morgan fingerprint density at radius 1 is 0.857 bits per heavy atom. The fraction of sp³-hybridized carbons (Fsp3) is 0.0952. The van der Waals surface area contributed by atoms with Gasteiger partial charge in [-0.2, -0.15) is 0 Å². The van der Waals surface area contributed by atoms with Crippen molar-refractivity contribution in [3.8, 4) is 23.0 Å². The number of pyridine rings is 2. The summed E-state index contributed by atoms with van der Waals surface area (Å²) in [6.45, 7) is 0. The number of carbonyl (C=O) groups is 1. The molecule has 0 fully saturated rings. The fourth-order valence-electron chi connectivity index (χ4n) is 3.08. The predicted octanol–water partition coefficient (Wildman–Crippen LogP) is 3.69. The van der Waals surface area contributed by atoms with Gasteiger partial charge < -0.3 is 19.9 Å². The SMILES string of the molecule is COc1cc2nccc(Oc3ccc4c(C(N)=O)nccc4c3)c2cc1OC. The normalized spacial score (nSPS) is 10.8. The highest BCUT2D eigenvalue weighted by Gasteiger charge is 2.13. The van der Waals surface area contributed by atoms with Crippen molar-refractivity contribution in [1.82, 2.24) is 9.97 Å². The average Bonchev–Trinajstić information content (AvgIpc) is 2.72. The van der Waals surface area contributed by atoms with Crippen molar-refractivity contribution in [1.29, 1.82) is 0 Å². The average molecular weight is 375 g/mol. The summed E-state index contributed by atoms with van der Waals surface area (Å²) in [5, 5.41) is 2.26. The van der Waals surface area contributed by atoms with Crippen LogP contribution in [-0.2, 0) is 0 Å². The van der Waals surface area contributed by atoms with Gasteiger partial charge in [0, 0.05) is 29.2 Å². The predicted molar refractivity (Wildman–Crippen MR) is 105 cm³/mol. The zero-order valence-corrected chi connectivity index (χ0v) is 15.3. The summed E-state index contributed by atoms with van der Waals surface area (Å²) >= 11 is 0. The van der Waals surface area contributed by atoms with Crippen molar-refractivity contribution < 1.29 is 19.0 Å². The lowest BCUT2D eigenvalue weighted by molar-refractivity contribution is 0.0997. The van der Waals surface area contributed by atoms with Crippen molar-refractivity contribution in [2.24, 2.45) is 5.73 Å². The van der Waals surface area contributed by atoms with E-state index in [0.717, 1.165) is 16.3 Å². The van der Waals surface area contributed by atoms with Crippen LogP contribution in [0.4, 0.5) is 0 Å². The van der Waals surface area contributed by atoms with Crippen LogP contribution in [0, 0.1) is 0 Å². The van der Waals surface area contributed by atoms with Crippen LogP contribution in [0.2, 0.25) is 0 Å². The number of ether oxygens (including phenoxy) is 3. The Bertz CT molecular complexity index is 1210. The van der Waals surface area contributed by atoms with E-state index in [1.165, 1.54) is 0 Å². The number of hydrogen-bond acceptors (Lipinski definition) is 6. The van der Waals surface area contributed by atoms with Crippen LogP contribution in [0.5, 0.6) is 23.0 Å². The van der Waals surface area contributed by atoms with E-state index < -0.39 is 5.91 Å². The van der Waals surface area contributed by atoms with Crippen molar-refractivity contribution in [2.45, 2.75) is 0 Å². The second-order valence-corrected chi connectivity index (χ2v) is 6.04. The molecule has 0 unspecified atom stereocenters. The summed E-state index contributed by atoms with van der Waals surface area (Å²) in [4.78, 5) is 20.0. The van der Waals surface area contributed by atoms with Gasteiger partial charge >= 0.3 is 0 Å². The third-order valence-electron chi connectivity index (χ3n) is 4.40. The lowest BCUT2D eigenvalue weighted by Gasteiger charge is -2.13. The molecule has 2 N–H and O–H groups in total. The number of amides is 1. The molecule has 0 bridgehead atoms. The van der Waals surface area contributed by atoms with Gasteiger partial charge in [0.15, 0.2) is 11.5 Å². The summed E-state index contributed by atoms with van der Waals surface area (Å²) in [5.74, 6) is 1.84. The standard InChI is InChI=1S/C21H17N3O4/c1-26-18-10-15-16(11-19(18)27-2)23-8-6-17(15)28-13-3-4-14-12(9-13)5-7-24-20(14)21(22)25/h3-11H,1-2H3,(H2,22,25). The summed E-state index contributed by atoms with van der Waals surface area (Å²) in [6, 6.07) is 12.6. The molecule has 2 aromatic heterocycles. The molecule has 0 saturated heterocycles. The minimum Gasteiger partial charge on any atom is -0.493 e. The van der Waals surface area contributed by atoms with Crippen molar-refractivity contribution in [2.75, 3.05) is 14.2 Å². The number of nitrogens with two attached hydrogens (primary N) is 1. The van der Waals surface area contributed by atoms with Crippen molar-refractivity contribution in [3.63, 3.8) is 0 Å². The largest absolute Gasteiger partial charge is 0.493 e. The van der Waals surface area contributed by atoms with E-state index in [4.69, 9.17) is 19.9 Å². The molecule has 0 radical (unpaired) electrons. The van der Waals surface area contributed by atoms with Gasteiger partial charge in [0.1, 0.15) is 17.2 Å². The molecule has 0 aliphatic rings. The highest BCUT2D eigenvalue weighted by molar-refractivity contribution is 6.04. The van der Waals surface area contributed by atoms with E-state index in [0.29, 0.717) is 28.4 Å². The maximum Gasteiger partial charge on any atom is 0.267 e. The molecule has 7 nitrogen and oxygen atoms in total. The maximum atomic E-state index is 11.5. The third-order valence-corrected chi connectivity index (χ3v) is 4.40.